The molecule has 0 saturated carbocycles. The summed E-state index contributed by atoms with van der Waals surface area (Å²) in [5.74, 6) is -1.62. The maximum atomic E-state index is 12.6. The number of hydrogen-bond donors (Lipinski definition) is 1. The molecule has 1 fully saturated rings. The van der Waals surface area contributed by atoms with Gasteiger partial charge < -0.3 is 24.1 Å². The van der Waals surface area contributed by atoms with Crippen molar-refractivity contribution < 1.29 is 32.1 Å². The van der Waals surface area contributed by atoms with E-state index >= 15 is 0 Å². The topological polar surface area (TPSA) is 115 Å². The molecule has 1 N–H and O–H groups in total. The molecule has 0 bridgehead atoms. The van der Waals surface area contributed by atoms with Crippen LogP contribution < -0.4 is 5.32 Å². The standard InChI is InChI=1S/C11H14F3N5O5/c1-22-10(23-2)5-15-9(17-19(20)21)18(6-10)3-8-16-7(4-24-8)11(12,13)14/h4H,3,5-6H2,1-2H3,(H,15,17). The van der Waals surface area contributed by atoms with Gasteiger partial charge in [-0.25, -0.2) is 15.1 Å². The van der Waals surface area contributed by atoms with Crippen LogP contribution in [0.1, 0.15) is 11.6 Å². The molecule has 0 atom stereocenters. The average molecular weight is 353 g/mol. The Kier molecular flexibility index (Phi) is 4.94. The first-order valence-corrected chi connectivity index (χ1v) is 6.53. The van der Waals surface area contributed by atoms with Crippen LogP contribution in [0.2, 0.25) is 0 Å². The lowest BCUT2D eigenvalue weighted by Gasteiger charge is -2.40. The van der Waals surface area contributed by atoms with E-state index in [2.05, 4.69) is 15.4 Å². The summed E-state index contributed by atoms with van der Waals surface area (Å²) in [5.41, 5.74) is -1.19. The number of nitro groups is 1. The van der Waals surface area contributed by atoms with Crippen molar-refractivity contribution in [2.24, 2.45) is 5.10 Å². The molecule has 24 heavy (non-hydrogen) atoms. The highest BCUT2D eigenvalue weighted by atomic mass is 19.4. The Morgan fingerprint density at radius 1 is 1.54 bits per heavy atom. The number of guanidine groups is 1. The zero-order chi connectivity index (χ0) is 18.0. The third kappa shape index (κ3) is 3.91. The Morgan fingerprint density at radius 2 is 2.21 bits per heavy atom. The summed E-state index contributed by atoms with van der Waals surface area (Å²) < 4.78 is 52.9. The number of ether oxygens (including phenoxy) is 2. The molecule has 1 aliphatic heterocycles. The van der Waals surface area contributed by atoms with Crippen molar-refractivity contribution in [1.29, 1.82) is 0 Å². The summed E-state index contributed by atoms with van der Waals surface area (Å²) in [6.07, 6.45) is -4.18. The number of nitrogens with one attached hydrogen (secondary N) is 1. The van der Waals surface area contributed by atoms with Gasteiger partial charge in [-0.1, -0.05) is 0 Å². The van der Waals surface area contributed by atoms with Crippen LogP contribution in [0.3, 0.4) is 0 Å². The lowest BCUT2D eigenvalue weighted by molar-refractivity contribution is -0.486. The van der Waals surface area contributed by atoms with E-state index in [0.717, 1.165) is 0 Å². The Labute approximate surface area is 133 Å². The molecule has 13 heteroatoms. The highest BCUT2D eigenvalue weighted by Gasteiger charge is 2.40. The molecule has 0 aliphatic carbocycles. The smallest absolute Gasteiger partial charge is 0.436 e. The van der Waals surface area contributed by atoms with Crippen LogP contribution in [0, 0.1) is 10.1 Å². The van der Waals surface area contributed by atoms with E-state index in [-0.39, 0.29) is 31.5 Å². The molecule has 134 valence electrons. The molecule has 0 unspecified atom stereocenters. The van der Waals surface area contributed by atoms with Gasteiger partial charge in [0.15, 0.2) is 10.7 Å². The first-order valence-electron chi connectivity index (χ1n) is 6.53. The van der Waals surface area contributed by atoms with Crippen molar-refractivity contribution in [2.75, 3.05) is 27.3 Å². The van der Waals surface area contributed by atoms with Crippen LogP contribution in [0.15, 0.2) is 15.8 Å². The van der Waals surface area contributed by atoms with Gasteiger partial charge in [0.25, 0.3) is 5.96 Å². The highest BCUT2D eigenvalue weighted by Crippen LogP contribution is 2.28. The molecule has 10 nitrogen and oxygen atoms in total. The molecular weight excluding hydrogens is 339 g/mol. The van der Waals surface area contributed by atoms with Crippen molar-refractivity contribution >= 4 is 5.96 Å². The molecule has 0 radical (unpaired) electrons. The third-order valence-electron chi connectivity index (χ3n) is 3.34. The van der Waals surface area contributed by atoms with Gasteiger partial charge in [0, 0.05) is 14.2 Å². The fourth-order valence-electron chi connectivity index (χ4n) is 2.09. The van der Waals surface area contributed by atoms with Crippen molar-refractivity contribution in [2.45, 2.75) is 18.5 Å². The summed E-state index contributed by atoms with van der Waals surface area (Å²) in [7, 11) is 2.73. The largest absolute Gasteiger partial charge is 0.446 e. The van der Waals surface area contributed by atoms with Gasteiger partial charge in [0.1, 0.15) is 11.4 Å². The Balaban J connectivity index is 2.24. The van der Waals surface area contributed by atoms with E-state index in [4.69, 9.17) is 13.9 Å². The Morgan fingerprint density at radius 3 is 2.71 bits per heavy atom. The molecule has 1 aliphatic rings. The molecule has 2 rings (SSSR count). The summed E-state index contributed by atoms with van der Waals surface area (Å²) in [6.45, 7) is -0.282. The van der Waals surface area contributed by atoms with Crippen LogP contribution in [0.4, 0.5) is 13.2 Å². The van der Waals surface area contributed by atoms with Crippen LogP contribution >= 0.6 is 0 Å². The second-order valence-electron chi connectivity index (χ2n) is 4.81. The quantitative estimate of drug-likeness (QED) is 0.466. The minimum Gasteiger partial charge on any atom is -0.446 e. The van der Waals surface area contributed by atoms with Crippen molar-refractivity contribution in [1.82, 2.24) is 15.2 Å². The molecular formula is C11H14F3N5O5. The number of hydrogen-bond acceptors (Lipinski definition) is 6. The zero-order valence-electron chi connectivity index (χ0n) is 12.7. The van der Waals surface area contributed by atoms with Crippen molar-refractivity contribution in [3.8, 4) is 0 Å². The molecule has 1 saturated heterocycles. The maximum Gasteiger partial charge on any atom is 0.436 e. The number of alkyl halides is 3. The van der Waals surface area contributed by atoms with Crippen LogP contribution in [-0.2, 0) is 22.2 Å². The summed E-state index contributed by atoms with van der Waals surface area (Å²) in [4.78, 5) is 15.2. The van der Waals surface area contributed by atoms with Crippen LogP contribution in [0.25, 0.3) is 0 Å². The van der Waals surface area contributed by atoms with E-state index in [1.165, 1.54) is 19.1 Å². The van der Waals surface area contributed by atoms with E-state index in [9.17, 15) is 23.3 Å². The average Bonchev–Trinajstić information content (AvgIpc) is 2.97. The Hall–Kier alpha value is -2.41. The number of oxazole rings is 1. The summed E-state index contributed by atoms with van der Waals surface area (Å²) in [5, 5.41) is 15.5. The number of aromatic nitrogens is 1. The van der Waals surface area contributed by atoms with Gasteiger partial charge in [-0.3, -0.25) is 0 Å². The number of halogens is 3. The van der Waals surface area contributed by atoms with E-state index in [1.54, 1.807) is 0 Å². The number of methoxy groups -OCH3 is 2. The normalized spacial score (nSPS) is 19.4. The number of rotatable bonds is 5. The van der Waals surface area contributed by atoms with E-state index < -0.39 is 22.7 Å². The molecule has 0 aromatic carbocycles. The van der Waals surface area contributed by atoms with Crippen molar-refractivity contribution in [3.63, 3.8) is 0 Å². The van der Waals surface area contributed by atoms with E-state index in [0.29, 0.717) is 6.26 Å². The van der Waals surface area contributed by atoms with Crippen molar-refractivity contribution in [3.05, 3.63) is 28.0 Å². The fraction of sp³-hybridized carbons (Fsp3) is 0.636. The minimum absolute atomic E-state index is 0.0383. The molecule has 1 aromatic heterocycles. The van der Waals surface area contributed by atoms with Gasteiger partial charge >= 0.3 is 6.18 Å². The van der Waals surface area contributed by atoms with Gasteiger partial charge in [-0.2, -0.15) is 13.2 Å². The molecule has 2 heterocycles. The van der Waals surface area contributed by atoms with Gasteiger partial charge in [0.2, 0.25) is 11.7 Å². The SMILES string of the molecule is COC1(OC)CN/C(=N\[N+](=O)[O-])N(Cc2nc(C(F)(F)F)co2)C1. The second kappa shape index (κ2) is 6.60. The molecule has 1 aromatic rings. The predicted molar refractivity (Wildman–Crippen MR) is 71.1 cm³/mol. The lowest BCUT2D eigenvalue weighted by atomic mass is 10.2. The molecule has 0 amide bonds. The molecule has 0 spiro atoms. The van der Waals surface area contributed by atoms with Crippen LogP contribution in [0.5, 0.6) is 0 Å². The number of nitrogens with zero attached hydrogens (tertiary/aromatic N) is 4. The first kappa shape index (κ1) is 17.9. The van der Waals surface area contributed by atoms with E-state index in [1.807, 2.05) is 0 Å². The maximum absolute atomic E-state index is 12.6. The minimum atomic E-state index is -4.65. The first-order chi connectivity index (χ1) is 11.2. The fourth-order valence-corrected chi connectivity index (χ4v) is 2.09. The summed E-state index contributed by atoms with van der Waals surface area (Å²) >= 11 is 0. The highest BCUT2D eigenvalue weighted by molar-refractivity contribution is 5.80. The third-order valence-corrected chi connectivity index (χ3v) is 3.34. The summed E-state index contributed by atoms with van der Waals surface area (Å²) in [6, 6.07) is 0. The Bertz CT molecular complexity index is 628. The number of hydrazone groups is 1. The monoisotopic (exact) mass is 353 g/mol. The van der Waals surface area contributed by atoms with Gasteiger partial charge in [-0.15, -0.1) is 0 Å². The second-order valence-corrected chi connectivity index (χ2v) is 4.81. The van der Waals surface area contributed by atoms with Gasteiger partial charge in [-0.05, 0) is 0 Å². The zero-order valence-corrected chi connectivity index (χ0v) is 12.7. The van der Waals surface area contributed by atoms with Crippen LogP contribution in [-0.4, -0.2) is 54.0 Å². The lowest BCUT2D eigenvalue weighted by Crippen LogP contribution is -2.62. The predicted octanol–water partition coefficient (Wildman–Crippen LogP) is 0.635. The van der Waals surface area contributed by atoms with Gasteiger partial charge in [0.05, 0.1) is 19.6 Å².